The number of aliphatic hydroxyl groups excluding tert-OH is 1. The van der Waals surface area contributed by atoms with Crippen molar-refractivity contribution >= 4 is 17.6 Å². The Morgan fingerprint density at radius 1 is 1.10 bits per heavy atom. The molecule has 166 valence electrons. The van der Waals surface area contributed by atoms with Crippen LogP contribution in [0.1, 0.15) is 35.6 Å². The minimum Gasteiger partial charge on any atom is -0.481 e. The van der Waals surface area contributed by atoms with Gasteiger partial charge in [0.15, 0.2) is 6.10 Å². The summed E-state index contributed by atoms with van der Waals surface area (Å²) in [5.74, 6) is -2.85. The molecule has 0 unspecified atom stereocenters. The molecule has 3 atom stereocenters. The average molecular weight is 428 g/mol. The summed E-state index contributed by atoms with van der Waals surface area (Å²) in [7, 11) is 4.21. The number of para-hydroxylation sites is 1. The summed E-state index contributed by atoms with van der Waals surface area (Å²) in [6.07, 6.45) is -0.262. The molecule has 0 amide bonds. The van der Waals surface area contributed by atoms with Crippen molar-refractivity contribution in [3.8, 4) is 0 Å². The van der Waals surface area contributed by atoms with Crippen molar-refractivity contribution in [2.24, 2.45) is 0 Å². The van der Waals surface area contributed by atoms with E-state index in [0.29, 0.717) is 6.04 Å². The van der Waals surface area contributed by atoms with E-state index < -0.39 is 24.5 Å². The molecule has 0 spiro atoms. The molecule has 0 bridgehead atoms. The molecule has 4 rings (SSSR count). The van der Waals surface area contributed by atoms with Crippen LogP contribution in [0.25, 0.3) is 0 Å². The summed E-state index contributed by atoms with van der Waals surface area (Å²) in [6.45, 7) is 0.956. The number of fused-ring (bicyclic) bond motifs is 5. The van der Waals surface area contributed by atoms with Gasteiger partial charge < -0.3 is 20.2 Å². The van der Waals surface area contributed by atoms with Gasteiger partial charge in [-0.05, 0) is 43.3 Å². The molecule has 2 aliphatic rings. The second-order valence-electron chi connectivity index (χ2n) is 8.02. The maximum absolute atomic E-state index is 9.72. The lowest BCUT2D eigenvalue weighted by molar-refractivity contribution is -0.152. The van der Waals surface area contributed by atoms with Gasteiger partial charge in [-0.15, -0.1) is 0 Å². The molecule has 31 heavy (non-hydrogen) atoms. The maximum Gasteiger partial charge on any atom is 0.333 e. The SMILES string of the molecule is CN(C)C[C@H]1C[C@@H]2c3ccccc3Cc3ccccc3N2O1.O=C(O)C[C@H](O)C(=O)O. The fourth-order valence-corrected chi connectivity index (χ4v) is 3.97. The first kappa shape index (κ1) is 22.7. The first-order chi connectivity index (χ1) is 14.8. The largest absolute Gasteiger partial charge is 0.481 e. The van der Waals surface area contributed by atoms with Crippen LogP contribution < -0.4 is 5.06 Å². The van der Waals surface area contributed by atoms with Crippen LogP contribution in [0, 0.1) is 0 Å². The third kappa shape index (κ3) is 5.61. The number of aliphatic carboxylic acids is 2. The molecule has 2 aromatic rings. The van der Waals surface area contributed by atoms with E-state index in [1.165, 1.54) is 22.4 Å². The number of benzene rings is 2. The molecular formula is C23H28N2O6. The Kier molecular flexibility index (Phi) is 7.27. The highest BCUT2D eigenvalue weighted by Gasteiger charge is 2.38. The number of aliphatic hydroxyl groups is 1. The van der Waals surface area contributed by atoms with Crippen LogP contribution in [0.4, 0.5) is 5.69 Å². The lowest BCUT2D eigenvalue weighted by Gasteiger charge is -2.25. The lowest BCUT2D eigenvalue weighted by Crippen LogP contribution is -2.27. The minimum atomic E-state index is -1.79. The van der Waals surface area contributed by atoms with Gasteiger partial charge in [0.05, 0.1) is 18.2 Å². The minimum absolute atomic E-state index is 0.249. The van der Waals surface area contributed by atoms with Crippen LogP contribution in [0.5, 0.6) is 0 Å². The van der Waals surface area contributed by atoms with Gasteiger partial charge in [0.2, 0.25) is 0 Å². The Hall–Kier alpha value is -2.94. The Morgan fingerprint density at radius 2 is 1.74 bits per heavy atom. The molecule has 8 nitrogen and oxygen atoms in total. The summed E-state index contributed by atoms with van der Waals surface area (Å²) < 4.78 is 0. The zero-order chi connectivity index (χ0) is 22.5. The van der Waals surface area contributed by atoms with Crippen LogP contribution in [-0.2, 0) is 20.8 Å². The fraction of sp³-hybridized carbons (Fsp3) is 0.391. The third-order valence-electron chi connectivity index (χ3n) is 5.28. The highest BCUT2D eigenvalue weighted by molar-refractivity contribution is 5.79. The second kappa shape index (κ2) is 9.91. The highest BCUT2D eigenvalue weighted by atomic mass is 16.7. The molecule has 2 aromatic carbocycles. The van der Waals surface area contributed by atoms with Gasteiger partial charge in [0.1, 0.15) is 6.10 Å². The number of hydroxylamine groups is 1. The molecular weight excluding hydrogens is 400 g/mol. The van der Waals surface area contributed by atoms with Gasteiger partial charge in [-0.25, -0.2) is 9.86 Å². The van der Waals surface area contributed by atoms with Crippen molar-refractivity contribution < 1.29 is 29.7 Å². The van der Waals surface area contributed by atoms with Crippen LogP contribution in [-0.4, -0.2) is 65.0 Å². The number of rotatable bonds is 5. The van der Waals surface area contributed by atoms with Gasteiger partial charge in [0.25, 0.3) is 0 Å². The molecule has 0 aromatic heterocycles. The normalized spacial score (nSPS) is 19.9. The Labute approximate surface area is 181 Å². The van der Waals surface area contributed by atoms with Crippen molar-refractivity contribution in [3.05, 3.63) is 65.2 Å². The van der Waals surface area contributed by atoms with Crippen LogP contribution in [0.15, 0.2) is 48.5 Å². The molecule has 2 heterocycles. The molecule has 1 fully saturated rings. The Balaban J connectivity index is 0.000000259. The van der Waals surface area contributed by atoms with Gasteiger partial charge in [0, 0.05) is 13.0 Å². The molecule has 1 saturated heterocycles. The van der Waals surface area contributed by atoms with Crippen LogP contribution in [0.2, 0.25) is 0 Å². The number of hydrogen-bond donors (Lipinski definition) is 3. The number of carbonyl (C=O) groups is 2. The third-order valence-corrected chi connectivity index (χ3v) is 5.28. The number of likely N-dealkylation sites (N-methyl/N-ethyl adjacent to an activating group) is 1. The molecule has 2 aliphatic heterocycles. The van der Waals surface area contributed by atoms with E-state index in [0.717, 1.165) is 19.4 Å². The Bertz CT molecular complexity index is 878. The fourth-order valence-electron chi connectivity index (χ4n) is 3.97. The van der Waals surface area contributed by atoms with Crippen LogP contribution >= 0.6 is 0 Å². The summed E-state index contributed by atoms with van der Waals surface area (Å²) in [5.41, 5.74) is 5.42. The van der Waals surface area contributed by atoms with Crippen molar-refractivity contribution in [3.63, 3.8) is 0 Å². The first-order valence-corrected chi connectivity index (χ1v) is 10.2. The average Bonchev–Trinajstić information content (AvgIpc) is 3.06. The zero-order valence-electron chi connectivity index (χ0n) is 17.6. The number of hydrogen-bond acceptors (Lipinski definition) is 6. The number of nitrogens with zero attached hydrogens (tertiary/aromatic N) is 2. The molecule has 0 radical (unpaired) electrons. The van der Waals surface area contributed by atoms with Crippen molar-refractivity contribution in [2.75, 3.05) is 25.7 Å². The molecule has 8 heteroatoms. The highest BCUT2D eigenvalue weighted by Crippen LogP contribution is 2.44. The Morgan fingerprint density at radius 3 is 2.35 bits per heavy atom. The van der Waals surface area contributed by atoms with Gasteiger partial charge in [-0.3, -0.25) is 9.63 Å². The topological polar surface area (TPSA) is 111 Å². The van der Waals surface area contributed by atoms with E-state index in [-0.39, 0.29) is 6.10 Å². The monoisotopic (exact) mass is 428 g/mol. The molecule has 0 aliphatic carbocycles. The predicted octanol–water partition coefficient (Wildman–Crippen LogP) is 2.31. The predicted molar refractivity (Wildman–Crippen MR) is 115 cm³/mol. The van der Waals surface area contributed by atoms with E-state index in [4.69, 9.17) is 20.2 Å². The van der Waals surface area contributed by atoms with Crippen molar-refractivity contribution in [1.29, 1.82) is 0 Å². The van der Waals surface area contributed by atoms with Crippen molar-refractivity contribution in [1.82, 2.24) is 4.90 Å². The maximum atomic E-state index is 9.72. The molecule has 0 saturated carbocycles. The summed E-state index contributed by atoms with van der Waals surface area (Å²) in [4.78, 5) is 27.9. The quantitative estimate of drug-likeness (QED) is 0.666. The standard InChI is InChI=1S/C19H22N2O.C4H6O5/c1-20(2)13-16-12-19-17-9-5-3-7-14(17)11-15-8-4-6-10-18(15)21(19)22-16;5-2(4(8)9)1-3(6)7/h3-10,16,19H,11-13H2,1-2H3;2,5H,1H2,(H,6,7)(H,8,9)/t16-,19-;2-/m10/s1. The van der Waals surface area contributed by atoms with E-state index in [1.54, 1.807) is 0 Å². The molecule has 3 N–H and O–H groups in total. The zero-order valence-corrected chi connectivity index (χ0v) is 17.6. The summed E-state index contributed by atoms with van der Waals surface area (Å²) in [6, 6.07) is 17.8. The van der Waals surface area contributed by atoms with E-state index in [9.17, 15) is 9.59 Å². The lowest BCUT2D eigenvalue weighted by atomic mass is 9.95. The summed E-state index contributed by atoms with van der Waals surface area (Å²) >= 11 is 0. The van der Waals surface area contributed by atoms with E-state index in [2.05, 4.69) is 72.6 Å². The van der Waals surface area contributed by atoms with E-state index in [1.807, 2.05) is 0 Å². The van der Waals surface area contributed by atoms with Gasteiger partial charge in [-0.1, -0.05) is 42.5 Å². The smallest absolute Gasteiger partial charge is 0.333 e. The van der Waals surface area contributed by atoms with E-state index >= 15 is 0 Å². The summed E-state index contributed by atoms with van der Waals surface area (Å²) in [5, 5.41) is 26.3. The van der Waals surface area contributed by atoms with Gasteiger partial charge >= 0.3 is 11.9 Å². The number of carboxylic acids is 2. The second-order valence-corrected chi connectivity index (χ2v) is 8.02. The number of carboxylic acid groups (broad SMARTS) is 2. The van der Waals surface area contributed by atoms with Crippen molar-refractivity contribution in [2.45, 2.75) is 37.5 Å². The van der Waals surface area contributed by atoms with Gasteiger partial charge in [-0.2, -0.15) is 0 Å². The number of anilines is 1. The van der Waals surface area contributed by atoms with Crippen LogP contribution in [0.3, 0.4) is 0 Å². The first-order valence-electron chi connectivity index (χ1n) is 10.2.